The number of hydrogen-bond donors (Lipinski definition) is 1. The van der Waals surface area contributed by atoms with Crippen molar-refractivity contribution in [1.82, 2.24) is 0 Å². The number of para-hydroxylation sites is 1. The van der Waals surface area contributed by atoms with Crippen LogP contribution in [0.15, 0.2) is 66.7 Å². The molecule has 0 aliphatic rings. The Morgan fingerprint density at radius 2 is 1.67 bits per heavy atom. The molecule has 1 N–H and O–H groups in total. The molecule has 1 amide bonds. The van der Waals surface area contributed by atoms with Crippen LogP contribution in [0.2, 0.25) is 0 Å². The van der Waals surface area contributed by atoms with Gasteiger partial charge in [-0.25, -0.2) is 4.79 Å². The molecular formula is C21H19NO4S. The lowest BCUT2D eigenvalue weighted by molar-refractivity contribution is -0.118. The van der Waals surface area contributed by atoms with E-state index in [0.29, 0.717) is 16.3 Å². The van der Waals surface area contributed by atoms with E-state index in [1.807, 2.05) is 48.5 Å². The molecular weight excluding hydrogens is 362 g/mol. The van der Waals surface area contributed by atoms with Crippen LogP contribution in [0.3, 0.4) is 0 Å². The second-order valence-electron chi connectivity index (χ2n) is 5.59. The van der Waals surface area contributed by atoms with E-state index in [-0.39, 0.29) is 19.1 Å². The molecule has 3 aromatic rings. The summed E-state index contributed by atoms with van der Waals surface area (Å²) < 4.78 is 10.6. The fraction of sp³-hybridized carbons (Fsp3) is 0.143. The summed E-state index contributed by atoms with van der Waals surface area (Å²) in [4.78, 5) is 25.4. The van der Waals surface area contributed by atoms with Crippen LogP contribution in [0, 0.1) is 0 Å². The van der Waals surface area contributed by atoms with Gasteiger partial charge in [0.2, 0.25) is 0 Å². The summed E-state index contributed by atoms with van der Waals surface area (Å²) in [5.41, 5.74) is 1.31. The summed E-state index contributed by atoms with van der Waals surface area (Å²) in [7, 11) is 0. The number of rotatable bonds is 7. The second-order valence-corrected chi connectivity index (χ2v) is 6.64. The van der Waals surface area contributed by atoms with Gasteiger partial charge in [0, 0.05) is 4.88 Å². The van der Waals surface area contributed by atoms with Crippen LogP contribution >= 0.6 is 11.3 Å². The van der Waals surface area contributed by atoms with Crippen molar-refractivity contribution in [3.63, 3.8) is 0 Å². The van der Waals surface area contributed by atoms with Crippen LogP contribution in [0.4, 0.5) is 5.00 Å². The number of anilines is 1. The van der Waals surface area contributed by atoms with Crippen molar-refractivity contribution in [2.24, 2.45) is 0 Å². The van der Waals surface area contributed by atoms with E-state index < -0.39 is 5.97 Å². The van der Waals surface area contributed by atoms with Gasteiger partial charge in [-0.15, -0.1) is 11.3 Å². The Bertz CT molecular complexity index is 906. The molecule has 1 aromatic heterocycles. The van der Waals surface area contributed by atoms with Crippen LogP contribution in [0.1, 0.15) is 17.3 Å². The number of hydrogen-bond acceptors (Lipinski definition) is 5. The minimum atomic E-state index is -0.463. The lowest BCUT2D eigenvalue weighted by atomic mass is 10.1. The highest BCUT2D eigenvalue weighted by atomic mass is 32.1. The Kier molecular flexibility index (Phi) is 6.22. The van der Waals surface area contributed by atoms with Crippen LogP contribution in [-0.2, 0) is 9.53 Å². The predicted molar refractivity (Wildman–Crippen MR) is 106 cm³/mol. The molecule has 0 saturated carbocycles. The number of nitrogens with one attached hydrogen (secondary N) is 1. The second kappa shape index (κ2) is 9.00. The molecule has 0 radical (unpaired) electrons. The van der Waals surface area contributed by atoms with Crippen molar-refractivity contribution >= 4 is 28.2 Å². The average molecular weight is 381 g/mol. The topological polar surface area (TPSA) is 64.6 Å². The third kappa shape index (κ3) is 4.95. The van der Waals surface area contributed by atoms with E-state index >= 15 is 0 Å². The fourth-order valence-electron chi connectivity index (χ4n) is 2.42. The van der Waals surface area contributed by atoms with Crippen molar-refractivity contribution in [2.75, 3.05) is 18.5 Å². The van der Waals surface area contributed by atoms with E-state index in [0.717, 1.165) is 10.4 Å². The van der Waals surface area contributed by atoms with Gasteiger partial charge in [0.15, 0.2) is 6.61 Å². The molecule has 6 heteroatoms. The maximum atomic E-state index is 12.3. The first kappa shape index (κ1) is 18.7. The largest absolute Gasteiger partial charge is 0.484 e. The van der Waals surface area contributed by atoms with Crippen molar-refractivity contribution in [2.45, 2.75) is 6.92 Å². The quantitative estimate of drug-likeness (QED) is 0.607. The molecule has 0 fully saturated rings. The zero-order chi connectivity index (χ0) is 19.1. The summed E-state index contributed by atoms with van der Waals surface area (Å²) in [6.45, 7) is 1.86. The Labute approximate surface area is 161 Å². The van der Waals surface area contributed by atoms with Gasteiger partial charge in [-0.1, -0.05) is 48.5 Å². The van der Waals surface area contributed by atoms with Gasteiger partial charge in [-0.2, -0.15) is 0 Å². The van der Waals surface area contributed by atoms with Crippen LogP contribution in [0.5, 0.6) is 5.75 Å². The molecule has 0 spiro atoms. The fourth-order valence-corrected chi connectivity index (χ4v) is 3.49. The third-order valence-electron chi connectivity index (χ3n) is 3.65. The number of carbonyl (C=O) groups excluding carboxylic acids is 2. The van der Waals surface area contributed by atoms with Crippen molar-refractivity contribution < 1.29 is 19.1 Å². The maximum Gasteiger partial charge on any atom is 0.341 e. The third-order valence-corrected chi connectivity index (χ3v) is 4.75. The molecule has 138 valence electrons. The number of amides is 1. The van der Waals surface area contributed by atoms with E-state index in [9.17, 15) is 9.59 Å². The summed E-state index contributed by atoms with van der Waals surface area (Å²) in [6, 6.07) is 20.5. The summed E-state index contributed by atoms with van der Waals surface area (Å²) >= 11 is 1.33. The van der Waals surface area contributed by atoms with E-state index in [2.05, 4.69) is 5.32 Å². The number of ether oxygens (including phenoxy) is 2. The standard InChI is InChI=1S/C21H19NO4S/c1-2-25-21(24)17-13-18(15-9-5-3-6-10-15)27-20(17)22-19(23)14-26-16-11-7-4-8-12-16/h3-13H,2,14H2,1H3,(H,22,23). The molecule has 1 heterocycles. The molecule has 0 atom stereocenters. The van der Waals surface area contributed by atoms with Gasteiger partial charge >= 0.3 is 5.97 Å². The minimum Gasteiger partial charge on any atom is -0.484 e. The van der Waals surface area contributed by atoms with E-state index in [1.54, 1.807) is 25.1 Å². The monoisotopic (exact) mass is 381 g/mol. The van der Waals surface area contributed by atoms with Crippen molar-refractivity contribution in [3.8, 4) is 16.2 Å². The molecule has 0 aliphatic heterocycles. The van der Waals surface area contributed by atoms with Gasteiger partial charge in [0.25, 0.3) is 5.91 Å². The predicted octanol–water partition coefficient (Wildman–Crippen LogP) is 4.61. The van der Waals surface area contributed by atoms with E-state index in [1.165, 1.54) is 11.3 Å². The summed E-state index contributed by atoms with van der Waals surface area (Å²) in [5, 5.41) is 3.22. The smallest absolute Gasteiger partial charge is 0.341 e. The molecule has 0 aliphatic carbocycles. The zero-order valence-electron chi connectivity index (χ0n) is 14.8. The first-order valence-electron chi connectivity index (χ1n) is 8.51. The highest BCUT2D eigenvalue weighted by Gasteiger charge is 2.20. The number of thiophene rings is 1. The normalized spacial score (nSPS) is 10.3. The number of esters is 1. The molecule has 3 rings (SSSR count). The number of benzene rings is 2. The van der Waals surface area contributed by atoms with Crippen LogP contribution < -0.4 is 10.1 Å². The molecule has 5 nitrogen and oxygen atoms in total. The van der Waals surface area contributed by atoms with Gasteiger partial charge in [-0.3, -0.25) is 4.79 Å². The first-order valence-corrected chi connectivity index (χ1v) is 9.33. The molecule has 2 aromatic carbocycles. The summed E-state index contributed by atoms with van der Waals surface area (Å²) in [6.07, 6.45) is 0. The first-order chi connectivity index (χ1) is 13.2. The highest BCUT2D eigenvalue weighted by molar-refractivity contribution is 7.20. The minimum absolute atomic E-state index is 0.148. The van der Waals surface area contributed by atoms with Gasteiger partial charge in [0.1, 0.15) is 10.8 Å². The maximum absolute atomic E-state index is 12.3. The van der Waals surface area contributed by atoms with Crippen molar-refractivity contribution in [3.05, 3.63) is 72.3 Å². The summed E-state index contributed by atoms with van der Waals surface area (Å²) in [5.74, 6) is -0.199. The molecule has 0 unspecified atom stereocenters. The Morgan fingerprint density at radius 1 is 1.00 bits per heavy atom. The molecule has 27 heavy (non-hydrogen) atoms. The lowest BCUT2D eigenvalue weighted by Crippen LogP contribution is -2.21. The molecule has 0 bridgehead atoms. The Morgan fingerprint density at radius 3 is 2.33 bits per heavy atom. The average Bonchev–Trinajstić information content (AvgIpc) is 3.12. The number of carbonyl (C=O) groups is 2. The Hall–Kier alpha value is -3.12. The van der Waals surface area contributed by atoms with Gasteiger partial charge < -0.3 is 14.8 Å². The van der Waals surface area contributed by atoms with Crippen molar-refractivity contribution in [1.29, 1.82) is 0 Å². The SMILES string of the molecule is CCOC(=O)c1cc(-c2ccccc2)sc1NC(=O)COc1ccccc1. The van der Waals surface area contributed by atoms with E-state index in [4.69, 9.17) is 9.47 Å². The van der Waals surface area contributed by atoms with Crippen LogP contribution in [0.25, 0.3) is 10.4 Å². The molecule has 0 saturated heterocycles. The van der Waals surface area contributed by atoms with Gasteiger partial charge in [0.05, 0.1) is 12.2 Å². The van der Waals surface area contributed by atoms with Crippen LogP contribution in [-0.4, -0.2) is 25.1 Å². The lowest BCUT2D eigenvalue weighted by Gasteiger charge is -2.07. The van der Waals surface area contributed by atoms with Gasteiger partial charge in [-0.05, 0) is 30.7 Å². The zero-order valence-corrected chi connectivity index (χ0v) is 15.6. The highest BCUT2D eigenvalue weighted by Crippen LogP contribution is 2.35. The Balaban J connectivity index is 1.77.